The summed E-state index contributed by atoms with van der Waals surface area (Å²) in [5.74, 6) is 1.06. The molecule has 3 atom stereocenters. The first-order valence-corrected chi connectivity index (χ1v) is 8.24. The fourth-order valence-corrected chi connectivity index (χ4v) is 4.60. The monoisotopic (exact) mass is 292 g/mol. The van der Waals surface area contributed by atoms with E-state index in [1.807, 2.05) is 6.07 Å². The molecule has 0 N–H and O–H groups in total. The normalized spacial score (nSPS) is 28.0. The lowest BCUT2D eigenvalue weighted by Crippen LogP contribution is -2.07. The third kappa shape index (κ3) is 1.88. The molecule has 0 spiro atoms. The van der Waals surface area contributed by atoms with Crippen LogP contribution in [-0.2, 0) is 0 Å². The van der Waals surface area contributed by atoms with Gasteiger partial charge in [-0.15, -0.1) is 0 Å². The summed E-state index contributed by atoms with van der Waals surface area (Å²) < 4.78 is 14.0. The van der Waals surface area contributed by atoms with Crippen molar-refractivity contribution in [1.29, 1.82) is 0 Å². The van der Waals surface area contributed by atoms with Crippen LogP contribution in [0.3, 0.4) is 0 Å². The van der Waals surface area contributed by atoms with Crippen LogP contribution in [0.2, 0.25) is 0 Å². The third-order valence-electron chi connectivity index (χ3n) is 5.63. The Labute approximate surface area is 131 Å². The highest BCUT2D eigenvalue weighted by Gasteiger charge is 2.39. The van der Waals surface area contributed by atoms with E-state index in [9.17, 15) is 4.39 Å². The van der Waals surface area contributed by atoms with E-state index >= 15 is 0 Å². The van der Waals surface area contributed by atoms with Gasteiger partial charge in [0.15, 0.2) is 0 Å². The van der Waals surface area contributed by atoms with Gasteiger partial charge in [0.1, 0.15) is 5.82 Å². The Morgan fingerprint density at radius 3 is 2.50 bits per heavy atom. The minimum atomic E-state index is -0.113. The van der Waals surface area contributed by atoms with E-state index in [0.717, 1.165) is 6.42 Å². The highest BCUT2D eigenvalue weighted by Crippen LogP contribution is 2.55. The van der Waals surface area contributed by atoms with Crippen molar-refractivity contribution in [1.82, 2.24) is 0 Å². The number of hydrogen-bond acceptors (Lipinski definition) is 0. The SMILES string of the molecule is C/C=C1\CCC2c3ccccc3[C@H](C)c3ccc(F)cc3[C@H]12. The second kappa shape index (κ2) is 5.08. The summed E-state index contributed by atoms with van der Waals surface area (Å²) in [5, 5.41) is 0. The van der Waals surface area contributed by atoms with Crippen LogP contribution in [0.4, 0.5) is 4.39 Å². The molecule has 112 valence electrons. The van der Waals surface area contributed by atoms with Crippen LogP contribution in [0, 0.1) is 5.82 Å². The molecular formula is C21H21F. The van der Waals surface area contributed by atoms with Crippen LogP contribution in [0.5, 0.6) is 0 Å². The van der Waals surface area contributed by atoms with Gasteiger partial charge >= 0.3 is 0 Å². The summed E-state index contributed by atoms with van der Waals surface area (Å²) in [6.07, 6.45) is 4.55. The van der Waals surface area contributed by atoms with Gasteiger partial charge in [0.25, 0.3) is 0 Å². The summed E-state index contributed by atoms with van der Waals surface area (Å²) in [7, 11) is 0. The molecule has 0 saturated heterocycles. The number of fused-ring (bicyclic) bond motifs is 5. The molecule has 0 aliphatic heterocycles. The number of allylic oxidation sites excluding steroid dienone is 2. The molecule has 0 radical (unpaired) electrons. The predicted octanol–water partition coefficient (Wildman–Crippen LogP) is 5.90. The Morgan fingerprint density at radius 2 is 1.73 bits per heavy atom. The van der Waals surface area contributed by atoms with E-state index in [-0.39, 0.29) is 5.82 Å². The van der Waals surface area contributed by atoms with Crippen LogP contribution >= 0.6 is 0 Å². The number of hydrogen-bond donors (Lipinski definition) is 0. The summed E-state index contributed by atoms with van der Waals surface area (Å²) in [6, 6.07) is 14.2. The predicted molar refractivity (Wildman–Crippen MR) is 88.8 cm³/mol. The Balaban J connectivity index is 2.03. The average molecular weight is 292 g/mol. The van der Waals surface area contributed by atoms with Gasteiger partial charge in [0, 0.05) is 11.8 Å². The molecule has 0 nitrogen and oxygen atoms in total. The van der Waals surface area contributed by atoms with Gasteiger partial charge in [-0.05, 0) is 60.1 Å². The molecule has 0 heterocycles. The van der Waals surface area contributed by atoms with E-state index < -0.39 is 0 Å². The smallest absolute Gasteiger partial charge is 0.123 e. The lowest BCUT2D eigenvalue weighted by atomic mass is 9.82. The molecule has 0 aromatic heterocycles. The zero-order chi connectivity index (χ0) is 15.3. The molecule has 1 unspecified atom stereocenters. The van der Waals surface area contributed by atoms with Gasteiger partial charge in [-0.25, -0.2) is 4.39 Å². The van der Waals surface area contributed by atoms with Crippen molar-refractivity contribution in [2.75, 3.05) is 0 Å². The quantitative estimate of drug-likeness (QED) is 0.530. The molecule has 1 heteroatoms. The van der Waals surface area contributed by atoms with Gasteiger partial charge < -0.3 is 0 Å². The van der Waals surface area contributed by atoms with Crippen LogP contribution in [-0.4, -0.2) is 0 Å². The zero-order valence-electron chi connectivity index (χ0n) is 13.1. The second-order valence-corrected chi connectivity index (χ2v) is 6.61. The Kier molecular flexibility index (Phi) is 3.18. The molecule has 0 amide bonds. The van der Waals surface area contributed by atoms with Crippen molar-refractivity contribution in [3.63, 3.8) is 0 Å². The zero-order valence-corrected chi connectivity index (χ0v) is 13.1. The van der Waals surface area contributed by atoms with Gasteiger partial charge in [-0.2, -0.15) is 0 Å². The molecule has 2 aromatic rings. The van der Waals surface area contributed by atoms with Crippen molar-refractivity contribution in [2.24, 2.45) is 0 Å². The highest BCUT2D eigenvalue weighted by atomic mass is 19.1. The summed E-state index contributed by atoms with van der Waals surface area (Å²) >= 11 is 0. The highest BCUT2D eigenvalue weighted by molar-refractivity contribution is 5.53. The van der Waals surface area contributed by atoms with Gasteiger partial charge in [0.05, 0.1) is 0 Å². The maximum Gasteiger partial charge on any atom is 0.123 e. The Hall–Kier alpha value is -1.89. The maximum absolute atomic E-state index is 14.0. The minimum Gasteiger partial charge on any atom is -0.207 e. The van der Waals surface area contributed by atoms with E-state index in [1.165, 1.54) is 34.2 Å². The van der Waals surface area contributed by atoms with Crippen molar-refractivity contribution in [3.8, 4) is 0 Å². The van der Waals surface area contributed by atoms with Gasteiger partial charge in [-0.3, -0.25) is 0 Å². The van der Waals surface area contributed by atoms with E-state index in [2.05, 4.69) is 44.2 Å². The lowest BCUT2D eigenvalue weighted by Gasteiger charge is -2.22. The largest absolute Gasteiger partial charge is 0.207 e. The van der Waals surface area contributed by atoms with Crippen molar-refractivity contribution in [3.05, 3.63) is 82.2 Å². The van der Waals surface area contributed by atoms with Crippen molar-refractivity contribution in [2.45, 2.75) is 44.4 Å². The van der Waals surface area contributed by atoms with E-state index in [4.69, 9.17) is 0 Å². The molecule has 1 saturated carbocycles. The fraction of sp³-hybridized carbons (Fsp3) is 0.333. The molecular weight excluding hydrogens is 271 g/mol. The Bertz CT molecular complexity index is 756. The average Bonchev–Trinajstić information content (AvgIpc) is 2.94. The maximum atomic E-state index is 14.0. The first-order chi connectivity index (χ1) is 10.7. The molecule has 2 aliphatic carbocycles. The topological polar surface area (TPSA) is 0 Å². The summed E-state index contributed by atoms with van der Waals surface area (Å²) in [6.45, 7) is 4.38. The molecule has 0 bridgehead atoms. The number of halogens is 1. The van der Waals surface area contributed by atoms with Gasteiger partial charge in [-0.1, -0.05) is 48.9 Å². The van der Waals surface area contributed by atoms with Crippen molar-refractivity contribution >= 4 is 0 Å². The lowest BCUT2D eigenvalue weighted by molar-refractivity contribution is 0.614. The minimum absolute atomic E-state index is 0.113. The number of rotatable bonds is 0. The molecule has 2 aliphatic rings. The van der Waals surface area contributed by atoms with Crippen LogP contribution < -0.4 is 0 Å². The van der Waals surface area contributed by atoms with Crippen LogP contribution in [0.25, 0.3) is 0 Å². The first-order valence-electron chi connectivity index (χ1n) is 8.24. The molecule has 4 rings (SSSR count). The van der Waals surface area contributed by atoms with Gasteiger partial charge in [0.2, 0.25) is 0 Å². The molecule has 2 aromatic carbocycles. The second-order valence-electron chi connectivity index (χ2n) is 6.61. The van der Waals surface area contributed by atoms with E-state index in [0.29, 0.717) is 17.8 Å². The first kappa shape index (κ1) is 13.8. The molecule has 1 fully saturated rings. The molecule has 22 heavy (non-hydrogen) atoms. The summed E-state index contributed by atoms with van der Waals surface area (Å²) in [4.78, 5) is 0. The van der Waals surface area contributed by atoms with E-state index in [1.54, 1.807) is 12.1 Å². The Morgan fingerprint density at radius 1 is 1.00 bits per heavy atom. The van der Waals surface area contributed by atoms with Crippen molar-refractivity contribution < 1.29 is 4.39 Å². The third-order valence-corrected chi connectivity index (χ3v) is 5.63. The number of benzene rings is 2. The standard InChI is InChI=1S/C21H21F/c1-3-14-8-10-19-18-7-5-4-6-16(18)13(2)17-11-9-15(22)12-20(17)21(14)19/h3-7,9,11-13,19,21H,8,10H2,1-2H3/b14-3+/t13-,19?,21+/m0/s1. The van der Waals surface area contributed by atoms with Crippen LogP contribution in [0.15, 0.2) is 54.1 Å². The van der Waals surface area contributed by atoms with Crippen LogP contribution in [0.1, 0.15) is 66.7 Å². The fourth-order valence-electron chi connectivity index (χ4n) is 4.60. The summed E-state index contributed by atoms with van der Waals surface area (Å²) in [5.41, 5.74) is 6.86.